The van der Waals surface area contributed by atoms with Gasteiger partial charge >= 0.3 is 0 Å². The third kappa shape index (κ3) is 2.69. The number of rotatable bonds is 2. The highest BCUT2D eigenvalue weighted by molar-refractivity contribution is 8.02. The lowest BCUT2D eigenvalue weighted by Gasteiger charge is -2.36. The summed E-state index contributed by atoms with van der Waals surface area (Å²) < 4.78 is -1.19. The molecule has 1 heterocycles. The maximum Gasteiger partial charge on any atom is 0.252 e. The third-order valence-corrected chi connectivity index (χ3v) is 5.78. The van der Waals surface area contributed by atoms with Crippen LogP contribution in [-0.2, 0) is 9.59 Å². The second-order valence-electron chi connectivity index (χ2n) is 6.22. The van der Waals surface area contributed by atoms with E-state index in [-0.39, 0.29) is 11.8 Å². The molecule has 0 aliphatic carbocycles. The monoisotopic (exact) mass is 340 g/mol. The zero-order valence-electron chi connectivity index (χ0n) is 14.2. The minimum atomic E-state index is -1.19. The zero-order valence-corrected chi connectivity index (χ0v) is 15.0. The van der Waals surface area contributed by atoms with Crippen LogP contribution in [0.1, 0.15) is 18.1 Å². The summed E-state index contributed by atoms with van der Waals surface area (Å²) in [5, 5.41) is 2.89. The molecule has 2 amide bonds. The Morgan fingerprint density at radius 3 is 2.54 bits per heavy atom. The van der Waals surface area contributed by atoms with Gasteiger partial charge in [-0.15, -0.1) is 0 Å². The fraction of sp³-hybridized carbons (Fsp3) is 0.263. The summed E-state index contributed by atoms with van der Waals surface area (Å²) >= 11 is 1.30. The van der Waals surface area contributed by atoms with E-state index in [9.17, 15) is 9.59 Å². The lowest BCUT2D eigenvalue weighted by Crippen LogP contribution is -2.53. The molecule has 0 fully saturated rings. The van der Waals surface area contributed by atoms with E-state index in [1.807, 2.05) is 56.3 Å². The maximum atomic E-state index is 12.9. The van der Waals surface area contributed by atoms with Crippen molar-refractivity contribution < 1.29 is 9.59 Å². The number of hydrogen-bond acceptors (Lipinski definition) is 3. The number of benzene rings is 2. The molecule has 0 spiro atoms. The molecule has 124 valence electrons. The molecule has 0 bridgehead atoms. The first-order chi connectivity index (χ1) is 11.3. The molecule has 1 aliphatic heterocycles. The Labute approximate surface area is 146 Å². The quantitative estimate of drug-likeness (QED) is 0.847. The first kappa shape index (κ1) is 16.6. The number of nitrogens with one attached hydrogen (secondary N) is 1. The lowest BCUT2D eigenvalue weighted by atomic mass is 10.1. The van der Waals surface area contributed by atoms with Gasteiger partial charge < -0.3 is 10.2 Å². The van der Waals surface area contributed by atoms with Crippen molar-refractivity contribution in [1.82, 2.24) is 0 Å². The summed E-state index contributed by atoms with van der Waals surface area (Å²) in [4.78, 5) is 28.2. The molecule has 4 nitrogen and oxygen atoms in total. The fourth-order valence-electron chi connectivity index (χ4n) is 2.73. The summed E-state index contributed by atoms with van der Waals surface area (Å²) in [6, 6.07) is 13.4. The van der Waals surface area contributed by atoms with Crippen molar-refractivity contribution in [1.29, 1.82) is 0 Å². The Balaban J connectivity index is 1.91. The van der Waals surface area contributed by atoms with Gasteiger partial charge in [0.25, 0.3) is 5.91 Å². The molecule has 1 unspecified atom stereocenters. The highest BCUT2D eigenvalue weighted by Crippen LogP contribution is 2.45. The molecule has 0 saturated carbocycles. The van der Waals surface area contributed by atoms with Gasteiger partial charge in [0.1, 0.15) is 0 Å². The van der Waals surface area contributed by atoms with Gasteiger partial charge in [-0.05, 0) is 56.2 Å². The summed E-state index contributed by atoms with van der Waals surface area (Å²) in [5.74, 6) is -0.519. The molecule has 0 aromatic heterocycles. The predicted octanol–water partition coefficient (Wildman–Crippen LogP) is 3.77. The molecule has 1 aliphatic rings. The van der Waals surface area contributed by atoms with Crippen molar-refractivity contribution in [2.75, 3.05) is 17.3 Å². The normalized spacial score (nSPS) is 19.8. The van der Waals surface area contributed by atoms with Crippen molar-refractivity contribution >= 4 is 35.0 Å². The van der Waals surface area contributed by atoms with Crippen LogP contribution in [0.3, 0.4) is 0 Å². The van der Waals surface area contributed by atoms with E-state index >= 15 is 0 Å². The van der Waals surface area contributed by atoms with Gasteiger partial charge in [0, 0.05) is 17.6 Å². The molecular weight excluding hydrogens is 320 g/mol. The number of anilines is 2. The van der Waals surface area contributed by atoms with Crippen molar-refractivity contribution in [3.63, 3.8) is 0 Å². The van der Waals surface area contributed by atoms with E-state index in [2.05, 4.69) is 5.32 Å². The molecule has 1 atom stereocenters. The van der Waals surface area contributed by atoms with Crippen molar-refractivity contribution in [3.05, 3.63) is 53.6 Å². The Hall–Kier alpha value is -2.27. The number of aryl methyl sites for hydroxylation is 2. The van der Waals surface area contributed by atoms with Gasteiger partial charge in [-0.3, -0.25) is 9.59 Å². The van der Waals surface area contributed by atoms with Crippen molar-refractivity contribution in [2.24, 2.45) is 0 Å². The summed E-state index contributed by atoms with van der Waals surface area (Å²) in [6.45, 7) is 5.70. The molecule has 5 heteroatoms. The number of fused-ring (bicyclic) bond motifs is 1. The molecule has 2 aromatic carbocycles. The highest BCUT2D eigenvalue weighted by atomic mass is 32.2. The Morgan fingerprint density at radius 1 is 1.12 bits per heavy atom. The van der Waals surface area contributed by atoms with Gasteiger partial charge in [-0.1, -0.05) is 30.0 Å². The Bertz CT molecular complexity index is 834. The average Bonchev–Trinajstić information content (AvgIpc) is 2.56. The number of nitrogens with zero attached hydrogens (tertiary/aromatic N) is 1. The molecule has 1 N–H and O–H groups in total. The van der Waals surface area contributed by atoms with Crippen LogP contribution in [0, 0.1) is 13.8 Å². The van der Waals surface area contributed by atoms with E-state index in [4.69, 9.17) is 0 Å². The van der Waals surface area contributed by atoms with Gasteiger partial charge in [-0.2, -0.15) is 0 Å². The molecule has 24 heavy (non-hydrogen) atoms. The van der Waals surface area contributed by atoms with Gasteiger partial charge in [0.05, 0.1) is 5.69 Å². The van der Waals surface area contributed by atoms with Crippen LogP contribution in [-0.4, -0.2) is 23.6 Å². The SMILES string of the molecule is Cc1ccc(NC(=O)C2(C)Sc3ccccc3N(C)C2=O)cc1C. The minimum Gasteiger partial charge on any atom is -0.324 e. The number of hydrogen-bond donors (Lipinski definition) is 1. The first-order valence-electron chi connectivity index (χ1n) is 7.78. The van der Waals surface area contributed by atoms with Gasteiger partial charge in [-0.25, -0.2) is 0 Å². The first-order valence-corrected chi connectivity index (χ1v) is 8.59. The van der Waals surface area contributed by atoms with E-state index in [0.29, 0.717) is 5.69 Å². The standard InChI is InChI=1S/C19H20N2O2S/c1-12-9-10-14(11-13(12)2)20-17(22)19(3)18(23)21(4)15-7-5-6-8-16(15)24-19/h5-11H,1-4H3,(H,20,22). The number of thioether (sulfide) groups is 1. The lowest BCUT2D eigenvalue weighted by molar-refractivity contribution is -0.128. The van der Waals surface area contributed by atoms with E-state index in [0.717, 1.165) is 21.7 Å². The molecular formula is C19H20N2O2S. The van der Waals surface area contributed by atoms with Crippen LogP contribution in [0.5, 0.6) is 0 Å². The highest BCUT2D eigenvalue weighted by Gasteiger charge is 2.48. The largest absolute Gasteiger partial charge is 0.324 e. The van der Waals surface area contributed by atoms with Crippen molar-refractivity contribution in [2.45, 2.75) is 30.4 Å². The number of amides is 2. The van der Waals surface area contributed by atoms with Crippen LogP contribution >= 0.6 is 11.8 Å². The van der Waals surface area contributed by atoms with Gasteiger partial charge in [0.15, 0.2) is 4.75 Å². The molecule has 2 aromatic rings. The summed E-state index contributed by atoms with van der Waals surface area (Å²) in [6.07, 6.45) is 0. The van der Waals surface area contributed by atoms with Crippen LogP contribution < -0.4 is 10.2 Å². The van der Waals surface area contributed by atoms with Crippen LogP contribution in [0.15, 0.2) is 47.4 Å². The van der Waals surface area contributed by atoms with Crippen LogP contribution in [0.4, 0.5) is 11.4 Å². The predicted molar refractivity (Wildman–Crippen MR) is 98.7 cm³/mol. The Kier molecular flexibility index (Phi) is 4.13. The fourth-order valence-corrected chi connectivity index (χ4v) is 3.99. The van der Waals surface area contributed by atoms with E-state index < -0.39 is 4.75 Å². The summed E-state index contributed by atoms with van der Waals surface area (Å²) in [5.41, 5.74) is 3.81. The average molecular weight is 340 g/mol. The van der Waals surface area contributed by atoms with Gasteiger partial charge in [0.2, 0.25) is 5.91 Å². The smallest absolute Gasteiger partial charge is 0.252 e. The second kappa shape index (κ2) is 5.98. The minimum absolute atomic E-state index is 0.215. The second-order valence-corrected chi connectivity index (χ2v) is 7.68. The molecule has 0 radical (unpaired) electrons. The van der Waals surface area contributed by atoms with E-state index in [1.54, 1.807) is 18.9 Å². The number of para-hydroxylation sites is 1. The topological polar surface area (TPSA) is 49.4 Å². The maximum absolute atomic E-state index is 12.9. The van der Waals surface area contributed by atoms with Crippen LogP contribution in [0.25, 0.3) is 0 Å². The molecule has 3 rings (SSSR count). The molecule has 0 saturated heterocycles. The number of carbonyl (C=O) groups is 2. The van der Waals surface area contributed by atoms with E-state index in [1.165, 1.54) is 11.8 Å². The summed E-state index contributed by atoms with van der Waals surface area (Å²) in [7, 11) is 1.71. The third-order valence-electron chi connectivity index (χ3n) is 4.45. The van der Waals surface area contributed by atoms with Crippen LogP contribution in [0.2, 0.25) is 0 Å². The Morgan fingerprint density at radius 2 is 1.83 bits per heavy atom. The zero-order chi connectivity index (χ0) is 17.5. The number of carbonyl (C=O) groups excluding carboxylic acids is 2. The van der Waals surface area contributed by atoms with Crippen molar-refractivity contribution in [3.8, 4) is 0 Å².